The van der Waals surface area contributed by atoms with E-state index in [2.05, 4.69) is 17.2 Å². The standard InChI is InChI=1S/C15H22N2O2/c1-5-10-17-15(18)12(3)19-14-9-7-6-8-13(14)11(2)16-4/h5-9,11-12,16H,1,10H2,2-4H3,(H,17,18). The average molecular weight is 262 g/mol. The molecule has 0 spiro atoms. The smallest absolute Gasteiger partial charge is 0.261 e. The summed E-state index contributed by atoms with van der Waals surface area (Å²) in [4.78, 5) is 11.8. The third-order valence-electron chi connectivity index (χ3n) is 2.91. The first-order valence-electron chi connectivity index (χ1n) is 6.41. The van der Waals surface area contributed by atoms with Gasteiger partial charge in [-0.2, -0.15) is 0 Å². The van der Waals surface area contributed by atoms with Gasteiger partial charge >= 0.3 is 0 Å². The number of hydrogen-bond acceptors (Lipinski definition) is 3. The van der Waals surface area contributed by atoms with E-state index >= 15 is 0 Å². The van der Waals surface area contributed by atoms with Crippen LogP contribution in [0, 0.1) is 0 Å². The normalized spacial score (nSPS) is 13.4. The second-order valence-electron chi connectivity index (χ2n) is 4.34. The molecule has 0 bridgehead atoms. The second-order valence-corrected chi connectivity index (χ2v) is 4.34. The minimum atomic E-state index is -0.537. The summed E-state index contributed by atoms with van der Waals surface area (Å²) in [5, 5.41) is 5.88. The summed E-state index contributed by atoms with van der Waals surface area (Å²) < 4.78 is 5.74. The Kier molecular flexibility index (Phi) is 6.09. The van der Waals surface area contributed by atoms with Crippen LogP contribution in [0.3, 0.4) is 0 Å². The topological polar surface area (TPSA) is 50.4 Å². The van der Waals surface area contributed by atoms with Gasteiger partial charge in [-0.25, -0.2) is 0 Å². The molecule has 2 unspecified atom stereocenters. The van der Waals surface area contributed by atoms with Crippen LogP contribution in [0.5, 0.6) is 5.75 Å². The number of rotatable bonds is 7. The van der Waals surface area contributed by atoms with Gasteiger partial charge in [0.1, 0.15) is 5.75 Å². The fourth-order valence-electron chi connectivity index (χ4n) is 1.66. The zero-order valence-electron chi connectivity index (χ0n) is 11.8. The van der Waals surface area contributed by atoms with Crippen LogP contribution in [0.2, 0.25) is 0 Å². The molecule has 104 valence electrons. The van der Waals surface area contributed by atoms with Crippen LogP contribution in [0.1, 0.15) is 25.5 Å². The van der Waals surface area contributed by atoms with Gasteiger partial charge in [0.15, 0.2) is 6.10 Å². The Morgan fingerprint density at radius 2 is 2.11 bits per heavy atom. The number of ether oxygens (including phenoxy) is 1. The van der Waals surface area contributed by atoms with Crippen LogP contribution in [-0.2, 0) is 4.79 Å². The molecule has 0 saturated carbocycles. The Balaban J connectivity index is 2.76. The molecule has 2 atom stereocenters. The molecular weight excluding hydrogens is 240 g/mol. The first kappa shape index (κ1) is 15.2. The van der Waals surface area contributed by atoms with Crippen molar-refractivity contribution >= 4 is 5.91 Å². The average Bonchev–Trinajstić information content (AvgIpc) is 2.44. The van der Waals surface area contributed by atoms with E-state index in [0.29, 0.717) is 6.54 Å². The van der Waals surface area contributed by atoms with Gasteiger partial charge in [0, 0.05) is 18.2 Å². The summed E-state index contributed by atoms with van der Waals surface area (Å²) >= 11 is 0. The first-order valence-corrected chi connectivity index (χ1v) is 6.41. The largest absolute Gasteiger partial charge is 0.481 e. The van der Waals surface area contributed by atoms with Gasteiger partial charge in [-0.15, -0.1) is 6.58 Å². The van der Waals surface area contributed by atoms with Gasteiger partial charge in [0.25, 0.3) is 5.91 Å². The lowest BCUT2D eigenvalue weighted by Crippen LogP contribution is -2.36. The van der Waals surface area contributed by atoms with E-state index in [0.717, 1.165) is 11.3 Å². The molecule has 0 heterocycles. The Bertz CT molecular complexity index is 432. The van der Waals surface area contributed by atoms with Gasteiger partial charge in [-0.3, -0.25) is 4.79 Å². The van der Waals surface area contributed by atoms with Crippen molar-refractivity contribution in [3.63, 3.8) is 0 Å². The molecule has 2 N–H and O–H groups in total. The first-order chi connectivity index (χ1) is 9.10. The van der Waals surface area contributed by atoms with Gasteiger partial charge < -0.3 is 15.4 Å². The van der Waals surface area contributed by atoms with E-state index in [9.17, 15) is 4.79 Å². The zero-order valence-corrected chi connectivity index (χ0v) is 11.8. The summed E-state index contributed by atoms with van der Waals surface area (Å²) in [7, 11) is 1.89. The highest BCUT2D eigenvalue weighted by Gasteiger charge is 2.16. The number of hydrogen-bond donors (Lipinski definition) is 2. The maximum Gasteiger partial charge on any atom is 0.261 e. The zero-order chi connectivity index (χ0) is 14.3. The summed E-state index contributed by atoms with van der Waals surface area (Å²) in [6.07, 6.45) is 1.10. The van der Waals surface area contributed by atoms with Crippen molar-refractivity contribution in [2.75, 3.05) is 13.6 Å². The second kappa shape index (κ2) is 7.59. The monoisotopic (exact) mass is 262 g/mol. The van der Waals surface area contributed by atoms with Gasteiger partial charge in [-0.05, 0) is 27.0 Å². The lowest BCUT2D eigenvalue weighted by molar-refractivity contribution is -0.127. The van der Waals surface area contributed by atoms with Crippen molar-refractivity contribution in [2.24, 2.45) is 0 Å². The number of benzene rings is 1. The summed E-state index contributed by atoms with van der Waals surface area (Å²) in [5.74, 6) is 0.581. The van der Waals surface area contributed by atoms with Crippen LogP contribution in [0.4, 0.5) is 0 Å². The summed E-state index contributed by atoms with van der Waals surface area (Å²) in [5.41, 5.74) is 1.04. The molecule has 0 fully saturated rings. The molecule has 4 nitrogen and oxygen atoms in total. The molecule has 0 aliphatic heterocycles. The maximum absolute atomic E-state index is 11.8. The van der Waals surface area contributed by atoms with Crippen LogP contribution in [-0.4, -0.2) is 25.6 Å². The molecule has 0 radical (unpaired) electrons. The molecule has 1 aromatic carbocycles. The SMILES string of the molecule is C=CCNC(=O)C(C)Oc1ccccc1C(C)NC. The highest BCUT2D eigenvalue weighted by atomic mass is 16.5. The molecule has 0 aliphatic rings. The Morgan fingerprint density at radius 3 is 2.74 bits per heavy atom. The number of amides is 1. The lowest BCUT2D eigenvalue weighted by Gasteiger charge is -2.19. The molecule has 1 rings (SSSR count). The van der Waals surface area contributed by atoms with Crippen molar-refractivity contribution in [2.45, 2.75) is 26.0 Å². The molecular formula is C15H22N2O2. The van der Waals surface area contributed by atoms with E-state index < -0.39 is 6.10 Å². The van der Waals surface area contributed by atoms with Gasteiger partial charge in [0.05, 0.1) is 0 Å². The Hall–Kier alpha value is -1.81. The number of carbonyl (C=O) groups excluding carboxylic acids is 1. The van der Waals surface area contributed by atoms with Crippen LogP contribution < -0.4 is 15.4 Å². The predicted octanol–water partition coefficient (Wildman–Crippen LogP) is 2.04. The van der Waals surface area contributed by atoms with E-state index in [1.165, 1.54) is 0 Å². The molecule has 0 saturated heterocycles. The van der Waals surface area contributed by atoms with E-state index in [1.54, 1.807) is 13.0 Å². The third kappa shape index (κ3) is 4.41. The number of carbonyl (C=O) groups is 1. The molecule has 19 heavy (non-hydrogen) atoms. The minimum absolute atomic E-state index is 0.146. The quantitative estimate of drug-likeness (QED) is 0.739. The molecule has 1 aromatic rings. The van der Waals surface area contributed by atoms with Crippen molar-refractivity contribution in [3.05, 3.63) is 42.5 Å². The number of para-hydroxylation sites is 1. The highest BCUT2D eigenvalue weighted by molar-refractivity contribution is 5.80. The van der Waals surface area contributed by atoms with Crippen molar-refractivity contribution in [1.82, 2.24) is 10.6 Å². The third-order valence-corrected chi connectivity index (χ3v) is 2.91. The summed E-state index contributed by atoms with van der Waals surface area (Å²) in [6.45, 7) is 7.79. The van der Waals surface area contributed by atoms with E-state index in [4.69, 9.17) is 4.74 Å². The van der Waals surface area contributed by atoms with Crippen LogP contribution >= 0.6 is 0 Å². The fraction of sp³-hybridized carbons (Fsp3) is 0.400. The van der Waals surface area contributed by atoms with Crippen LogP contribution in [0.15, 0.2) is 36.9 Å². The minimum Gasteiger partial charge on any atom is -0.481 e. The van der Waals surface area contributed by atoms with Gasteiger partial charge in [-0.1, -0.05) is 24.3 Å². The van der Waals surface area contributed by atoms with E-state index in [1.807, 2.05) is 38.2 Å². The molecule has 4 heteroatoms. The Morgan fingerprint density at radius 1 is 1.42 bits per heavy atom. The fourth-order valence-corrected chi connectivity index (χ4v) is 1.66. The maximum atomic E-state index is 11.8. The highest BCUT2D eigenvalue weighted by Crippen LogP contribution is 2.25. The lowest BCUT2D eigenvalue weighted by atomic mass is 10.1. The van der Waals surface area contributed by atoms with Gasteiger partial charge in [0.2, 0.25) is 0 Å². The molecule has 0 aliphatic carbocycles. The van der Waals surface area contributed by atoms with Crippen molar-refractivity contribution in [3.8, 4) is 5.75 Å². The molecule has 1 amide bonds. The predicted molar refractivity (Wildman–Crippen MR) is 77.2 cm³/mol. The van der Waals surface area contributed by atoms with Crippen LogP contribution in [0.25, 0.3) is 0 Å². The van der Waals surface area contributed by atoms with Crippen molar-refractivity contribution < 1.29 is 9.53 Å². The molecule has 0 aromatic heterocycles. The van der Waals surface area contributed by atoms with E-state index in [-0.39, 0.29) is 11.9 Å². The van der Waals surface area contributed by atoms with Crippen molar-refractivity contribution in [1.29, 1.82) is 0 Å². The number of nitrogens with one attached hydrogen (secondary N) is 2. The Labute approximate surface area is 114 Å². The summed E-state index contributed by atoms with van der Waals surface area (Å²) in [6, 6.07) is 7.89.